The Labute approximate surface area is 154 Å². The minimum Gasteiger partial charge on any atom is -0.310 e. The molecule has 0 aliphatic heterocycles. The molecule has 0 aliphatic rings. The molecule has 0 saturated heterocycles. The highest BCUT2D eigenvalue weighted by Gasteiger charge is 2.14. The monoisotopic (exact) mass is 350 g/mol. The van der Waals surface area contributed by atoms with E-state index in [1.54, 1.807) is 0 Å². The van der Waals surface area contributed by atoms with E-state index in [1.165, 1.54) is 12.8 Å². The molecule has 136 valence electrons. The summed E-state index contributed by atoms with van der Waals surface area (Å²) in [5, 5.41) is 7.94. The Morgan fingerprint density at radius 2 is 1.92 bits per heavy atom. The second-order valence-electron chi connectivity index (χ2n) is 5.69. The first-order valence-corrected chi connectivity index (χ1v) is 9.53. The van der Waals surface area contributed by atoms with E-state index in [0.717, 1.165) is 43.2 Å². The highest BCUT2D eigenvalue weighted by Crippen LogP contribution is 2.16. The van der Waals surface area contributed by atoms with Crippen molar-refractivity contribution in [2.24, 2.45) is 21.1 Å². The average Bonchev–Trinajstić information content (AvgIpc) is 2.57. The topological polar surface area (TPSA) is 40.3 Å². The van der Waals surface area contributed by atoms with Crippen LogP contribution in [0.5, 0.6) is 0 Å². The molecule has 0 spiro atoms. The van der Waals surface area contributed by atoms with Gasteiger partial charge in [0.25, 0.3) is 0 Å². The van der Waals surface area contributed by atoms with E-state index in [9.17, 15) is 0 Å². The number of hydrogen-bond donors (Lipinski definition) is 1. The summed E-state index contributed by atoms with van der Waals surface area (Å²) >= 11 is 4.27. The molecule has 0 heterocycles. The fourth-order valence-corrected chi connectivity index (χ4v) is 2.41. The van der Waals surface area contributed by atoms with Crippen molar-refractivity contribution in [1.29, 1.82) is 0 Å². The van der Waals surface area contributed by atoms with Gasteiger partial charge >= 0.3 is 0 Å². The highest BCUT2D eigenvalue weighted by atomic mass is 32.1. The summed E-state index contributed by atoms with van der Waals surface area (Å²) in [6, 6.07) is 0. The predicted molar refractivity (Wildman–Crippen MR) is 113 cm³/mol. The molecule has 0 aromatic rings. The van der Waals surface area contributed by atoms with Crippen LogP contribution in [0.3, 0.4) is 0 Å². The van der Waals surface area contributed by atoms with Crippen LogP contribution in [0, 0.1) is 5.92 Å². The van der Waals surface area contributed by atoms with Crippen LogP contribution < -0.4 is 0 Å². The van der Waals surface area contributed by atoms with Crippen LogP contribution in [0.2, 0.25) is 0 Å². The summed E-state index contributed by atoms with van der Waals surface area (Å²) < 4.78 is 0. The summed E-state index contributed by atoms with van der Waals surface area (Å²) in [4.78, 5) is 6.73. The van der Waals surface area contributed by atoms with Gasteiger partial charge in [-0.1, -0.05) is 32.8 Å². The maximum atomic E-state index is 4.59. The molecule has 0 aliphatic carbocycles. The smallest absolute Gasteiger partial charge is 0.156 e. The minimum atomic E-state index is 0.457. The number of thiol groups is 1. The van der Waals surface area contributed by atoms with E-state index in [0.29, 0.717) is 5.92 Å². The number of allylic oxidation sites excluding steroid dienone is 2. The Kier molecular flexibility index (Phi) is 14.3. The standard InChI is InChI=1S/C19H34N4S/c1-6-13-18(22-20-5)23(14-11-9-10-12-15-24)19(21-8-3)16-17(4)7-2/h6,8,13,16-17,24H,5,7,9-12,14-15H2,1-4H3/b13-6-,19-16+,21-8-,22-18+. The minimum absolute atomic E-state index is 0.457. The quantitative estimate of drug-likeness (QED) is 0.166. The molecular formula is C19H34N4S. The van der Waals surface area contributed by atoms with Crippen LogP contribution in [0.25, 0.3) is 0 Å². The van der Waals surface area contributed by atoms with Gasteiger partial charge in [0.2, 0.25) is 0 Å². The highest BCUT2D eigenvalue weighted by molar-refractivity contribution is 7.80. The number of aliphatic imine (C=N–C) groups is 1. The largest absolute Gasteiger partial charge is 0.310 e. The van der Waals surface area contributed by atoms with Gasteiger partial charge in [-0.2, -0.15) is 17.7 Å². The first kappa shape index (κ1) is 22.6. The Bertz CT molecular complexity index is 452. The van der Waals surface area contributed by atoms with Crippen molar-refractivity contribution in [2.45, 2.75) is 59.8 Å². The van der Waals surface area contributed by atoms with E-state index in [1.807, 2.05) is 32.2 Å². The van der Waals surface area contributed by atoms with Gasteiger partial charge < -0.3 is 4.90 Å². The maximum Gasteiger partial charge on any atom is 0.156 e. The third-order valence-electron chi connectivity index (χ3n) is 3.67. The molecule has 0 radical (unpaired) electrons. The molecule has 5 heteroatoms. The maximum absolute atomic E-state index is 4.59. The van der Waals surface area contributed by atoms with E-state index >= 15 is 0 Å². The van der Waals surface area contributed by atoms with Crippen molar-refractivity contribution in [3.05, 3.63) is 24.0 Å². The van der Waals surface area contributed by atoms with Gasteiger partial charge in [0.15, 0.2) is 5.84 Å². The molecule has 0 saturated carbocycles. The lowest BCUT2D eigenvalue weighted by Crippen LogP contribution is -2.30. The molecule has 1 unspecified atom stereocenters. The molecule has 0 aromatic carbocycles. The van der Waals surface area contributed by atoms with Gasteiger partial charge in [-0.25, -0.2) is 4.99 Å². The second-order valence-corrected chi connectivity index (χ2v) is 6.13. The van der Waals surface area contributed by atoms with Crippen LogP contribution >= 0.6 is 12.6 Å². The Hall–Kier alpha value is -1.36. The summed E-state index contributed by atoms with van der Waals surface area (Å²) in [6.45, 7) is 12.7. The van der Waals surface area contributed by atoms with E-state index in [2.05, 4.69) is 59.4 Å². The van der Waals surface area contributed by atoms with Crippen molar-refractivity contribution in [3.8, 4) is 0 Å². The van der Waals surface area contributed by atoms with Crippen molar-refractivity contribution in [2.75, 3.05) is 12.3 Å². The molecule has 1 atom stereocenters. The summed E-state index contributed by atoms with van der Waals surface area (Å²) in [7, 11) is 0. The fraction of sp³-hybridized carbons (Fsp3) is 0.632. The fourth-order valence-electron chi connectivity index (χ4n) is 2.19. The summed E-state index contributed by atoms with van der Waals surface area (Å²) in [6.07, 6.45) is 13.7. The van der Waals surface area contributed by atoms with Gasteiger partial charge in [-0.05, 0) is 56.9 Å². The molecule has 0 aromatic heterocycles. The normalized spacial score (nSPS) is 14.5. The SMILES string of the molecule is C=N/N=C(\C=C/C)N(CCCCCCS)C(=C/C(C)CC)/N=C\C. The first-order chi connectivity index (χ1) is 11.6. The Morgan fingerprint density at radius 1 is 1.21 bits per heavy atom. The van der Waals surface area contributed by atoms with Crippen molar-refractivity contribution >= 4 is 31.4 Å². The molecule has 0 amide bonds. The van der Waals surface area contributed by atoms with Crippen LogP contribution in [-0.4, -0.2) is 36.0 Å². The number of unbranched alkanes of at least 4 members (excludes halogenated alkanes) is 3. The third-order valence-corrected chi connectivity index (χ3v) is 3.99. The van der Waals surface area contributed by atoms with Crippen LogP contribution in [-0.2, 0) is 0 Å². The van der Waals surface area contributed by atoms with E-state index < -0.39 is 0 Å². The zero-order valence-corrected chi connectivity index (χ0v) is 16.7. The Morgan fingerprint density at radius 3 is 2.46 bits per heavy atom. The van der Waals surface area contributed by atoms with E-state index in [4.69, 9.17) is 0 Å². The molecule has 0 fully saturated rings. The summed E-state index contributed by atoms with van der Waals surface area (Å²) in [5.41, 5.74) is 0. The Balaban J connectivity index is 5.42. The average molecular weight is 351 g/mol. The van der Waals surface area contributed by atoms with E-state index in [-0.39, 0.29) is 0 Å². The lowest BCUT2D eigenvalue weighted by atomic mass is 10.1. The van der Waals surface area contributed by atoms with Crippen LogP contribution in [0.1, 0.15) is 59.8 Å². The zero-order chi connectivity index (χ0) is 18.2. The van der Waals surface area contributed by atoms with Gasteiger partial charge in [0, 0.05) is 19.5 Å². The van der Waals surface area contributed by atoms with Crippen molar-refractivity contribution < 1.29 is 0 Å². The second kappa shape index (κ2) is 15.2. The van der Waals surface area contributed by atoms with Crippen LogP contribution in [0.4, 0.5) is 0 Å². The van der Waals surface area contributed by atoms with Crippen molar-refractivity contribution in [3.63, 3.8) is 0 Å². The number of rotatable bonds is 12. The van der Waals surface area contributed by atoms with Crippen LogP contribution in [0.15, 0.2) is 39.2 Å². The molecule has 0 bridgehead atoms. The lowest BCUT2D eigenvalue weighted by Gasteiger charge is -2.25. The van der Waals surface area contributed by atoms with Gasteiger partial charge in [0.1, 0.15) is 5.82 Å². The number of amidine groups is 1. The first-order valence-electron chi connectivity index (χ1n) is 8.89. The zero-order valence-electron chi connectivity index (χ0n) is 15.8. The lowest BCUT2D eigenvalue weighted by molar-refractivity contribution is 0.467. The third kappa shape index (κ3) is 9.71. The molecule has 4 nitrogen and oxygen atoms in total. The molecule has 0 N–H and O–H groups in total. The summed E-state index contributed by atoms with van der Waals surface area (Å²) in [5.74, 6) is 3.12. The predicted octanol–water partition coefficient (Wildman–Crippen LogP) is 5.35. The molecule has 0 rings (SSSR count). The molecule has 24 heavy (non-hydrogen) atoms. The van der Waals surface area contributed by atoms with Crippen molar-refractivity contribution in [1.82, 2.24) is 4.90 Å². The number of hydrogen-bond acceptors (Lipinski definition) is 4. The van der Waals surface area contributed by atoms with Gasteiger partial charge in [-0.15, -0.1) is 5.10 Å². The van der Waals surface area contributed by atoms with Gasteiger partial charge in [0.05, 0.1) is 0 Å². The number of nitrogens with zero attached hydrogens (tertiary/aromatic N) is 4. The van der Waals surface area contributed by atoms with Gasteiger partial charge in [-0.3, -0.25) is 0 Å². The molecular weight excluding hydrogens is 316 g/mol.